The monoisotopic (exact) mass is 291 g/mol. The molecule has 3 aromatic rings. The number of H-pyrrole nitrogens is 1. The minimum atomic E-state index is -0.150. The maximum Gasteiger partial charge on any atom is 0.263 e. The Morgan fingerprint density at radius 1 is 1.42 bits per heavy atom. The molecule has 19 heavy (non-hydrogen) atoms. The average molecular weight is 291 g/mol. The average Bonchev–Trinajstić information content (AvgIpc) is 3.14. The maximum atomic E-state index is 11.9. The van der Waals surface area contributed by atoms with Gasteiger partial charge < -0.3 is 5.32 Å². The number of carbonyl (C=O) groups is 1. The van der Waals surface area contributed by atoms with Crippen LogP contribution in [-0.4, -0.2) is 26.3 Å². The van der Waals surface area contributed by atoms with Gasteiger partial charge in [-0.1, -0.05) is 6.07 Å². The summed E-state index contributed by atoms with van der Waals surface area (Å²) in [4.78, 5) is 17.8. The number of nitrogens with one attached hydrogen (secondary N) is 2. The zero-order valence-corrected chi connectivity index (χ0v) is 11.3. The molecule has 0 aromatic carbocycles. The molecule has 0 spiro atoms. The predicted octanol–water partition coefficient (Wildman–Crippen LogP) is 1.92. The van der Waals surface area contributed by atoms with E-state index in [1.807, 2.05) is 17.5 Å². The number of carbonyl (C=O) groups excluding carboxylic acids is 1. The van der Waals surface area contributed by atoms with Crippen molar-refractivity contribution in [3.63, 3.8) is 0 Å². The predicted molar refractivity (Wildman–Crippen MR) is 73.0 cm³/mol. The van der Waals surface area contributed by atoms with Gasteiger partial charge in [0, 0.05) is 0 Å². The highest BCUT2D eigenvalue weighted by molar-refractivity contribution is 7.21. The van der Waals surface area contributed by atoms with E-state index < -0.39 is 0 Å². The number of amides is 1. The first-order valence-electron chi connectivity index (χ1n) is 5.45. The highest BCUT2D eigenvalue weighted by Gasteiger charge is 2.12. The highest BCUT2D eigenvalue weighted by Crippen LogP contribution is 2.28. The Balaban J connectivity index is 1.67. The van der Waals surface area contributed by atoms with Crippen molar-refractivity contribution in [2.45, 2.75) is 6.54 Å². The van der Waals surface area contributed by atoms with Crippen molar-refractivity contribution in [3.8, 4) is 9.88 Å². The number of aromatic amines is 1. The molecular weight excluding hydrogens is 282 g/mol. The van der Waals surface area contributed by atoms with Crippen LogP contribution in [-0.2, 0) is 6.54 Å². The Labute approximate surface area is 116 Å². The molecule has 2 N–H and O–H groups in total. The summed E-state index contributed by atoms with van der Waals surface area (Å²) in [6, 6.07) is 3.95. The number of thiazole rings is 1. The van der Waals surface area contributed by atoms with Crippen LogP contribution in [0.25, 0.3) is 9.88 Å². The van der Waals surface area contributed by atoms with Gasteiger partial charge >= 0.3 is 0 Å². The molecule has 0 saturated heterocycles. The lowest BCUT2D eigenvalue weighted by Gasteiger charge is -1.98. The third kappa shape index (κ3) is 2.69. The van der Waals surface area contributed by atoms with Gasteiger partial charge in [-0.15, -0.1) is 22.7 Å². The van der Waals surface area contributed by atoms with Crippen molar-refractivity contribution in [3.05, 3.63) is 40.5 Å². The van der Waals surface area contributed by atoms with Crippen LogP contribution in [0.15, 0.2) is 29.9 Å². The van der Waals surface area contributed by atoms with E-state index in [-0.39, 0.29) is 5.91 Å². The molecule has 0 atom stereocenters. The zero-order valence-electron chi connectivity index (χ0n) is 9.66. The summed E-state index contributed by atoms with van der Waals surface area (Å²) in [6.45, 7) is 0.349. The number of hydrogen-bond acceptors (Lipinski definition) is 6. The second kappa shape index (κ2) is 5.29. The summed E-state index contributed by atoms with van der Waals surface area (Å²) in [5.41, 5.74) is 0.691. The van der Waals surface area contributed by atoms with E-state index in [9.17, 15) is 4.79 Å². The van der Waals surface area contributed by atoms with Crippen molar-refractivity contribution in [2.24, 2.45) is 0 Å². The largest absolute Gasteiger partial charge is 0.346 e. The molecule has 0 bridgehead atoms. The van der Waals surface area contributed by atoms with Gasteiger partial charge in [0.2, 0.25) is 0 Å². The van der Waals surface area contributed by atoms with Gasteiger partial charge in [-0.2, -0.15) is 15.4 Å². The van der Waals surface area contributed by atoms with Crippen molar-refractivity contribution in [2.75, 3.05) is 0 Å². The Bertz CT molecular complexity index is 659. The lowest BCUT2D eigenvalue weighted by atomic mass is 10.4. The van der Waals surface area contributed by atoms with Crippen LogP contribution in [0.2, 0.25) is 0 Å². The van der Waals surface area contributed by atoms with E-state index in [2.05, 4.69) is 25.7 Å². The molecule has 0 radical (unpaired) electrons. The van der Waals surface area contributed by atoms with Crippen LogP contribution in [0, 0.1) is 0 Å². The first kappa shape index (κ1) is 12.0. The summed E-state index contributed by atoms with van der Waals surface area (Å²) < 4.78 is 0. The number of thiophene rings is 1. The maximum absolute atomic E-state index is 11.9. The van der Waals surface area contributed by atoms with Crippen molar-refractivity contribution in [1.29, 1.82) is 0 Å². The molecule has 3 heterocycles. The lowest BCUT2D eigenvalue weighted by molar-refractivity contribution is 0.0954. The van der Waals surface area contributed by atoms with E-state index >= 15 is 0 Å². The van der Waals surface area contributed by atoms with Crippen LogP contribution in [0.3, 0.4) is 0 Å². The molecule has 0 unspecified atom stereocenters. The number of nitrogens with zero attached hydrogens (tertiary/aromatic N) is 3. The fraction of sp³-hybridized carbons (Fsp3) is 0.0909. The molecular formula is C11H9N5OS2. The SMILES string of the molecule is O=C(NCc1cn[nH]n1)c1cnc(-c2cccs2)s1. The lowest BCUT2D eigenvalue weighted by Crippen LogP contribution is -2.21. The summed E-state index contributed by atoms with van der Waals surface area (Å²) in [5, 5.41) is 15.7. The Hall–Kier alpha value is -2.06. The first-order valence-corrected chi connectivity index (χ1v) is 7.15. The van der Waals surface area contributed by atoms with Gasteiger partial charge in [-0.25, -0.2) is 4.98 Å². The summed E-state index contributed by atoms with van der Waals surface area (Å²) in [7, 11) is 0. The van der Waals surface area contributed by atoms with Gasteiger partial charge in [0.05, 0.1) is 23.8 Å². The summed E-state index contributed by atoms with van der Waals surface area (Å²) in [5.74, 6) is -0.150. The minimum Gasteiger partial charge on any atom is -0.346 e. The Morgan fingerprint density at radius 3 is 3.11 bits per heavy atom. The summed E-state index contributed by atoms with van der Waals surface area (Å²) >= 11 is 2.99. The van der Waals surface area contributed by atoms with E-state index in [0.717, 1.165) is 9.88 Å². The van der Waals surface area contributed by atoms with Crippen molar-refractivity contribution in [1.82, 2.24) is 25.7 Å². The smallest absolute Gasteiger partial charge is 0.263 e. The standard InChI is InChI=1S/C11H9N5OS2/c17-10(12-4-7-5-14-16-15-7)9-6-13-11(19-9)8-2-1-3-18-8/h1-3,5-6H,4H2,(H,12,17)(H,14,15,16). The van der Waals surface area contributed by atoms with Gasteiger partial charge in [-0.05, 0) is 11.4 Å². The van der Waals surface area contributed by atoms with Crippen LogP contribution in [0.5, 0.6) is 0 Å². The molecule has 6 nitrogen and oxygen atoms in total. The molecule has 1 amide bonds. The van der Waals surface area contributed by atoms with Crippen molar-refractivity contribution < 1.29 is 4.79 Å². The highest BCUT2D eigenvalue weighted by atomic mass is 32.1. The second-order valence-electron chi connectivity index (χ2n) is 3.65. The van der Waals surface area contributed by atoms with Crippen LogP contribution >= 0.6 is 22.7 Å². The van der Waals surface area contributed by atoms with Gasteiger partial charge in [0.25, 0.3) is 5.91 Å². The third-order valence-corrected chi connectivity index (χ3v) is 4.39. The molecule has 8 heteroatoms. The molecule has 3 aromatic heterocycles. The van der Waals surface area contributed by atoms with Crippen LogP contribution in [0.1, 0.15) is 15.4 Å². The molecule has 0 aliphatic rings. The fourth-order valence-corrected chi connectivity index (χ4v) is 3.10. The van der Waals surface area contributed by atoms with E-state index in [1.165, 1.54) is 11.3 Å². The van der Waals surface area contributed by atoms with E-state index in [1.54, 1.807) is 23.7 Å². The molecule has 3 rings (SSSR count). The quantitative estimate of drug-likeness (QED) is 0.769. The van der Waals surface area contributed by atoms with Gasteiger partial charge in [0.1, 0.15) is 15.6 Å². The molecule has 0 aliphatic heterocycles. The van der Waals surface area contributed by atoms with Crippen LogP contribution < -0.4 is 5.32 Å². The fourth-order valence-electron chi connectivity index (χ4n) is 1.46. The van der Waals surface area contributed by atoms with E-state index in [4.69, 9.17) is 0 Å². The zero-order chi connectivity index (χ0) is 13.1. The van der Waals surface area contributed by atoms with Crippen LogP contribution in [0.4, 0.5) is 0 Å². The molecule has 0 fully saturated rings. The summed E-state index contributed by atoms with van der Waals surface area (Å²) in [6.07, 6.45) is 3.17. The Kier molecular flexibility index (Phi) is 3.34. The second-order valence-corrected chi connectivity index (χ2v) is 5.63. The first-order chi connectivity index (χ1) is 9.33. The number of rotatable bonds is 4. The van der Waals surface area contributed by atoms with E-state index in [0.29, 0.717) is 17.1 Å². The Morgan fingerprint density at radius 2 is 2.37 bits per heavy atom. The normalized spacial score (nSPS) is 10.5. The topological polar surface area (TPSA) is 83.6 Å². The molecule has 0 aliphatic carbocycles. The third-order valence-electron chi connectivity index (χ3n) is 2.36. The van der Waals surface area contributed by atoms with Gasteiger partial charge in [-0.3, -0.25) is 4.79 Å². The number of aromatic nitrogens is 4. The molecule has 96 valence electrons. The molecule has 0 saturated carbocycles. The minimum absolute atomic E-state index is 0.150. The van der Waals surface area contributed by atoms with Crippen molar-refractivity contribution >= 4 is 28.6 Å². The van der Waals surface area contributed by atoms with Gasteiger partial charge in [0.15, 0.2) is 0 Å². The number of hydrogen-bond donors (Lipinski definition) is 2.